The first-order valence-electron chi connectivity index (χ1n) is 6.07. The van der Waals surface area contributed by atoms with Crippen LogP contribution in [0.3, 0.4) is 0 Å². The van der Waals surface area contributed by atoms with Crippen LogP contribution in [0.4, 0.5) is 4.39 Å². The van der Waals surface area contributed by atoms with Crippen molar-refractivity contribution in [1.29, 1.82) is 5.26 Å². The van der Waals surface area contributed by atoms with Crippen molar-refractivity contribution in [3.8, 4) is 11.8 Å². The highest BCUT2D eigenvalue weighted by atomic mass is 19.1. The Kier molecular flexibility index (Phi) is 3.10. The Balaban J connectivity index is 1.90. The normalized spacial score (nSPS) is 10.4. The molecule has 0 N–H and O–H groups in total. The fourth-order valence-electron chi connectivity index (χ4n) is 1.97. The van der Waals surface area contributed by atoms with Gasteiger partial charge in [-0.1, -0.05) is 24.3 Å². The average molecular weight is 267 g/mol. The van der Waals surface area contributed by atoms with E-state index in [9.17, 15) is 4.39 Å². The molecule has 20 heavy (non-hydrogen) atoms. The summed E-state index contributed by atoms with van der Waals surface area (Å²) in [5.74, 6) is 0.279. The minimum Gasteiger partial charge on any atom is -0.483 e. The molecular weight excluding hydrogens is 257 g/mol. The van der Waals surface area contributed by atoms with Crippen molar-refractivity contribution in [2.75, 3.05) is 0 Å². The van der Waals surface area contributed by atoms with Gasteiger partial charge in [-0.15, -0.1) is 0 Å². The number of furan rings is 1. The van der Waals surface area contributed by atoms with Crippen LogP contribution in [0.5, 0.6) is 5.75 Å². The van der Waals surface area contributed by atoms with Gasteiger partial charge in [0.25, 0.3) is 0 Å². The monoisotopic (exact) mass is 267 g/mol. The van der Waals surface area contributed by atoms with Crippen LogP contribution in [-0.4, -0.2) is 0 Å². The first-order chi connectivity index (χ1) is 9.78. The number of nitriles is 1. The van der Waals surface area contributed by atoms with Gasteiger partial charge in [0.05, 0.1) is 5.39 Å². The summed E-state index contributed by atoms with van der Waals surface area (Å²) in [5, 5.41) is 9.84. The smallest absolute Gasteiger partial charge is 0.246 e. The molecule has 3 rings (SSSR count). The second-order valence-electron chi connectivity index (χ2n) is 4.28. The van der Waals surface area contributed by atoms with Crippen LogP contribution in [0.15, 0.2) is 52.9 Å². The Morgan fingerprint density at radius 1 is 1.10 bits per heavy atom. The Bertz CT molecular complexity index is 784. The number of fused-ring (bicyclic) bond motifs is 1. The summed E-state index contributed by atoms with van der Waals surface area (Å²) in [4.78, 5) is 0. The second-order valence-corrected chi connectivity index (χ2v) is 4.28. The van der Waals surface area contributed by atoms with Crippen molar-refractivity contribution in [3.05, 3.63) is 65.7 Å². The number of hydrogen-bond acceptors (Lipinski definition) is 3. The highest BCUT2D eigenvalue weighted by molar-refractivity contribution is 5.86. The molecule has 0 saturated heterocycles. The van der Waals surface area contributed by atoms with Crippen LogP contribution in [0.25, 0.3) is 11.0 Å². The summed E-state index contributed by atoms with van der Waals surface area (Å²) in [6.07, 6.45) is 0. The van der Waals surface area contributed by atoms with Gasteiger partial charge in [0.2, 0.25) is 5.76 Å². The number of hydrogen-bond donors (Lipinski definition) is 0. The number of halogens is 1. The lowest BCUT2D eigenvalue weighted by Gasteiger charge is -2.04. The minimum atomic E-state index is -0.291. The molecule has 4 heteroatoms. The maximum absolute atomic E-state index is 12.8. The molecule has 3 aromatic rings. The molecule has 98 valence electrons. The van der Waals surface area contributed by atoms with Gasteiger partial charge in [-0.25, -0.2) is 4.39 Å². The van der Waals surface area contributed by atoms with Crippen LogP contribution >= 0.6 is 0 Å². The lowest BCUT2D eigenvalue weighted by atomic mass is 10.2. The molecule has 0 bridgehead atoms. The molecule has 0 amide bonds. The SMILES string of the molecule is N#Cc1oc2ccccc2c1OCc1ccc(F)cc1. The van der Waals surface area contributed by atoms with Gasteiger partial charge >= 0.3 is 0 Å². The van der Waals surface area contributed by atoms with Gasteiger partial charge in [-0.3, -0.25) is 0 Å². The summed E-state index contributed by atoms with van der Waals surface area (Å²) in [5.41, 5.74) is 1.43. The zero-order chi connectivity index (χ0) is 13.9. The molecule has 2 aromatic carbocycles. The summed E-state index contributed by atoms with van der Waals surface area (Å²) < 4.78 is 23.9. The quantitative estimate of drug-likeness (QED) is 0.720. The van der Waals surface area contributed by atoms with Crippen molar-refractivity contribution in [2.45, 2.75) is 6.61 Å². The van der Waals surface area contributed by atoms with E-state index in [-0.39, 0.29) is 18.2 Å². The molecule has 0 aliphatic heterocycles. The van der Waals surface area contributed by atoms with Gasteiger partial charge in [0.15, 0.2) is 5.75 Å². The number of ether oxygens (including phenoxy) is 1. The summed E-state index contributed by atoms with van der Waals surface area (Å²) >= 11 is 0. The first-order valence-corrected chi connectivity index (χ1v) is 6.07. The largest absolute Gasteiger partial charge is 0.483 e. The molecule has 0 saturated carbocycles. The molecule has 0 fully saturated rings. The van der Waals surface area contributed by atoms with E-state index in [1.54, 1.807) is 18.2 Å². The zero-order valence-electron chi connectivity index (χ0n) is 10.5. The fourth-order valence-corrected chi connectivity index (χ4v) is 1.97. The summed E-state index contributed by atoms with van der Waals surface area (Å²) in [6.45, 7) is 0.248. The number of rotatable bonds is 3. The maximum Gasteiger partial charge on any atom is 0.246 e. The molecule has 0 aliphatic rings. The number of nitrogens with zero attached hydrogens (tertiary/aromatic N) is 1. The summed E-state index contributed by atoms with van der Waals surface area (Å²) in [6, 6.07) is 15.3. The summed E-state index contributed by atoms with van der Waals surface area (Å²) in [7, 11) is 0. The third kappa shape index (κ3) is 2.21. The topological polar surface area (TPSA) is 46.2 Å². The van der Waals surface area contributed by atoms with Gasteiger partial charge < -0.3 is 9.15 Å². The van der Waals surface area contributed by atoms with E-state index in [2.05, 4.69) is 0 Å². The maximum atomic E-state index is 12.8. The van der Waals surface area contributed by atoms with E-state index < -0.39 is 0 Å². The van der Waals surface area contributed by atoms with Crippen LogP contribution in [0, 0.1) is 17.1 Å². The Morgan fingerprint density at radius 2 is 1.85 bits per heavy atom. The van der Waals surface area contributed by atoms with Gasteiger partial charge in [-0.05, 0) is 29.8 Å². The molecule has 1 heterocycles. The van der Waals surface area contributed by atoms with Crippen LogP contribution in [0.1, 0.15) is 11.3 Å². The number of benzene rings is 2. The van der Waals surface area contributed by atoms with Crippen LogP contribution in [-0.2, 0) is 6.61 Å². The van der Waals surface area contributed by atoms with E-state index >= 15 is 0 Å². The van der Waals surface area contributed by atoms with Gasteiger partial charge in [0.1, 0.15) is 24.1 Å². The standard InChI is InChI=1S/C16H10FNO2/c17-12-7-5-11(6-8-12)10-19-16-13-3-1-2-4-14(13)20-15(16)9-18/h1-8H,10H2. The van der Waals surface area contributed by atoms with Crippen LogP contribution in [0.2, 0.25) is 0 Å². The van der Waals surface area contributed by atoms with Gasteiger partial charge in [0, 0.05) is 0 Å². The van der Waals surface area contributed by atoms with E-state index in [1.165, 1.54) is 12.1 Å². The predicted octanol–water partition coefficient (Wildman–Crippen LogP) is 4.02. The molecule has 0 atom stereocenters. The highest BCUT2D eigenvalue weighted by Gasteiger charge is 2.14. The highest BCUT2D eigenvalue weighted by Crippen LogP contribution is 2.32. The Hall–Kier alpha value is -2.80. The average Bonchev–Trinajstić information content (AvgIpc) is 2.84. The first kappa shape index (κ1) is 12.2. The lowest BCUT2D eigenvalue weighted by molar-refractivity contribution is 0.303. The van der Waals surface area contributed by atoms with Crippen molar-refractivity contribution in [3.63, 3.8) is 0 Å². The fraction of sp³-hybridized carbons (Fsp3) is 0.0625. The number of para-hydroxylation sites is 1. The molecule has 3 nitrogen and oxygen atoms in total. The molecule has 0 unspecified atom stereocenters. The Labute approximate surface area is 114 Å². The van der Waals surface area contributed by atoms with Crippen molar-refractivity contribution in [2.24, 2.45) is 0 Å². The third-order valence-electron chi connectivity index (χ3n) is 2.95. The third-order valence-corrected chi connectivity index (χ3v) is 2.95. The molecule has 0 spiro atoms. The minimum absolute atomic E-state index is 0.147. The molecule has 1 aromatic heterocycles. The second kappa shape index (κ2) is 5.06. The predicted molar refractivity (Wildman–Crippen MR) is 71.7 cm³/mol. The van der Waals surface area contributed by atoms with Crippen molar-refractivity contribution >= 4 is 11.0 Å². The van der Waals surface area contributed by atoms with E-state index in [1.807, 2.05) is 24.3 Å². The van der Waals surface area contributed by atoms with Crippen molar-refractivity contribution < 1.29 is 13.5 Å². The molecular formula is C16H10FNO2. The van der Waals surface area contributed by atoms with Gasteiger partial charge in [-0.2, -0.15) is 5.26 Å². The lowest BCUT2D eigenvalue weighted by Crippen LogP contribution is -1.96. The Morgan fingerprint density at radius 3 is 2.60 bits per heavy atom. The van der Waals surface area contributed by atoms with Crippen molar-refractivity contribution in [1.82, 2.24) is 0 Å². The van der Waals surface area contributed by atoms with E-state index in [4.69, 9.17) is 14.4 Å². The molecule has 0 aliphatic carbocycles. The van der Waals surface area contributed by atoms with E-state index in [0.29, 0.717) is 11.3 Å². The molecule has 0 radical (unpaired) electrons. The van der Waals surface area contributed by atoms with E-state index in [0.717, 1.165) is 10.9 Å². The van der Waals surface area contributed by atoms with Crippen LogP contribution < -0.4 is 4.74 Å². The zero-order valence-corrected chi connectivity index (χ0v) is 10.5.